The second-order valence-electron chi connectivity index (χ2n) is 7.76. The Bertz CT molecular complexity index is 1370. The zero-order chi connectivity index (χ0) is 22.8. The molecule has 0 aliphatic rings. The van der Waals surface area contributed by atoms with Gasteiger partial charge in [0.15, 0.2) is 0 Å². The topological polar surface area (TPSA) is 93.6 Å². The third kappa shape index (κ3) is 3.93. The number of rotatable bonds is 7. The first-order chi connectivity index (χ1) is 15.4. The first-order valence-corrected chi connectivity index (χ1v) is 10.4. The Hall–Kier alpha value is -3.74. The lowest BCUT2D eigenvalue weighted by molar-refractivity contribution is -0.120. The van der Waals surface area contributed by atoms with E-state index in [2.05, 4.69) is 10.3 Å². The molecule has 0 saturated heterocycles. The SMILES string of the molecule is COc1ccc2[nH]cc(CCNC(=O)Cc3c(C)c4ccc(OC)c(C)c4oc3=O)c2c1. The van der Waals surface area contributed by atoms with Crippen molar-refractivity contribution in [3.05, 3.63) is 69.2 Å². The molecule has 166 valence electrons. The van der Waals surface area contributed by atoms with Crippen molar-refractivity contribution in [2.45, 2.75) is 26.7 Å². The molecule has 0 radical (unpaired) electrons. The van der Waals surface area contributed by atoms with Gasteiger partial charge < -0.3 is 24.2 Å². The zero-order valence-electron chi connectivity index (χ0n) is 18.6. The van der Waals surface area contributed by atoms with Crippen LogP contribution in [-0.2, 0) is 17.6 Å². The highest BCUT2D eigenvalue weighted by molar-refractivity contribution is 5.88. The van der Waals surface area contributed by atoms with E-state index in [-0.39, 0.29) is 12.3 Å². The van der Waals surface area contributed by atoms with Gasteiger partial charge in [-0.2, -0.15) is 0 Å². The summed E-state index contributed by atoms with van der Waals surface area (Å²) >= 11 is 0. The van der Waals surface area contributed by atoms with E-state index >= 15 is 0 Å². The summed E-state index contributed by atoms with van der Waals surface area (Å²) in [6, 6.07) is 9.54. The fraction of sp³-hybridized carbons (Fsp3) is 0.280. The molecule has 1 amide bonds. The number of carbonyl (C=O) groups is 1. The van der Waals surface area contributed by atoms with Gasteiger partial charge in [-0.05, 0) is 61.7 Å². The normalized spacial score (nSPS) is 11.1. The summed E-state index contributed by atoms with van der Waals surface area (Å²) in [6.07, 6.45) is 2.56. The molecule has 0 aliphatic heterocycles. The number of hydrogen-bond donors (Lipinski definition) is 2. The molecule has 2 heterocycles. The van der Waals surface area contributed by atoms with Crippen LogP contribution in [0.2, 0.25) is 0 Å². The molecule has 32 heavy (non-hydrogen) atoms. The molecule has 7 heteroatoms. The van der Waals surface area contributed by atoms with Crippen LogP contribution >= 0.6 is 0 Å². The van der Waals surface area contributed by atoms with Crippen LogP contribution in [0.4, 0.5) is 0 Å². The second-order valence-corrected chi connectivity index (χ2v) is 7.76. The number of ether oxygens (including phenoxy) is 2. The van der Waals surface area contributed by atoms with Gasteiger partial charge in [-0.3, -0.25) is 4.79 Å². The number of aromatic nitrogens is 1. The molecule has 2 N–H and O–H groups in total. The summed E-state index contributed by atoms with van der Waals surface area (Å²) in [5.41, 5.74) is 3.98. The van der Waals surface area contributed by atoms with Gasteiger partial charge >= 0.3 is 5.63 Å². The van der Waals surface area contributed by atoms with Gasteiger partial charge in [-0.15, -0.1) is 0 Å². The van der Waals surface area contributed by atoms with Gasteiger partial charge in [-0.25, -0.2) is 4.79 Å². The first-order valence-electron chi connectivity index (χ1n) is 10.4. The molecule has 0 aliphatic carbocycles. The van der Waals surface area contributed by atoms with E-state index in [9.17, 15) is 9.59 Å². The molecule has 0 bridgehead atoms. The van der Waals surface area contributed by atoms with Crippen LogP contribution in [0.1, 0.15) is 22.3 Å². The van der Waals surface area contributed by atoms with Crippen LogP contribution in [0.25, 0.3) is 21.9 Å². The fourth-order valence-electron chi connectivity index (χ4n) is 4.05. The first kappa shape index (κ1) is 21.5. The number of amides is 1. The van der Waals surface area contributed by atoms with E-state index < -0.39 is 5.63 Å². The summed E-state index contributed by atoms with van der Waals surface area (Å²) in [4.78, 5) is 28.4. The van der Waals surface area contributed by atoms with Crippen molar-refractivity contribution in [2.75, 3.05) is 20.8 Å². The Balaban J connectivity index is 1.47. The third-order valence-corrected chi connectivity index (χ3v) is 5.90. The summed E-state index contributed by atoms with van der Waals surface area (Å²) in [6.45, 7) is 4.14. The van der Waals surface area contributed by atoms with Crippen molar-refractivity contribution in [2.24, 2.45) is 0 Å². The highest BCUT2D eigenvalue weighted by Gasteiger charge is 2.17. The minimum atomic E-state index is -0.495. The molecular weight excluding hydrogens is 408 g/mol. The highest BCUT2D eigenvalue weighted by atomic mass is 16.5. The number of methoxy groups -OCH3 is 2. The summed E-state index contributed by atoms with van der Waals surface area (Å²) in [5, 5.41) is 4.78. The molecule has 4 aromatic rings. The van der Waals surface area contributed by atoms with Crippen LogP contribution in [0, 0.1) is 13.8 Å². The molecule has 0 fully saturated rings. The molecule has 2 aromatic carbocycles. The van der Waals surface area contributed by atoms with Crippen LogP contribution in [0.5, 0.6) is 11.5 Å². The van der Waals surface area contributed by atoms with Gasteiger partial charge in [-0.1, -0.05) is 0 Å². The molecule has 0 unspecified atom stereocenters. The largest absolute Gasteiger partial charge is 0.497 e. The molecule has 4 rings (SSSR count). The molecule has 0 spiro atoms. The standard InChI is InChI=1S/C25H26N2O5/c1-14-18-6-8-22(31-4)15(2)24(18)32-25(29)19(14)12-23(28)26-10-9-16-13-27-21-7-5-17(30-3)11-20(16)21/h5-8,11,13,27H,9-10,12H2,1-4H3,(H,26,28). The third-order valence-electron chi connectivity index (χ3n) is 5.90. The van der Waals surface area contributed by atoms with Crippen molar-refractivity contribution in [1.29, 1.82) is 0 Å². The summed E-state index contributed by atoms with van der Waals surface area (Å²) < 4.78 is 16.2. The summed E-state index contributed by atoms with van der Waals surface area (Å²) in [7, 11) is 3.21. The highest BCUT2D eigenvalue weighted by Crippen LogP contribution is 2.29. The van der Waals surface area contributed by atoms with Crippen molar-refractivity contribution >= 4 is 27.8 Å². The van der Waals surface area contributed by atoms with E-state index in [1.165, 1.54) is 0 Å². The minimum Gasteiger partial charge on any atom is -0.497 e. The zero-order valence-corrected chi connectivity index (χ0v) is 18.6. The number of fused-ring (bicyclic) bond motifs is 2. The Morgan fingerprint density at radius 2 is 1.88 bits per heavy atom. The van der Waals surface area contributed by atoms with Gasteiger partial charge in [0.1, 0.15) is 17.1 Å². The lowest BCUT2D eigenvalue weighted by Crippen LogP contribution is -2.29. The molecular formula is C25H26N2O5. The Morgan fingerprint density at radius 3 is 2.62 bits per heavy atom. The number of aryl methyl sites for hydroxylation is 2. The number of carbonyl (C=O) groups excluding carboxylic acids is 1. The van der Waals surface area contributed by atoms with Crippen LogP contribution in [0.15, 0.2) is 45.7 Å². The number of nitrogens with one attached hydrogen (secondary N) is 2. The van der Waals surface area contributed by atoms with Crippen LogP contribution < -0.4 is 20.4 Å². The average molecular weight is 434 g/mol. The Labute approximate surface area is 185 Å². The van der Waals surface area contributed by atoms with Crippen LogP contribution in [-0.4, -0.2) is 31.7 Å². The predicted octanol–water partition coefficient (Wildman–Crippen LogP) is 3.81. The lowest BCUT2D eigenvalue weighted by Gasteiger charge is -2.12. The predicted molar refractivity (Wildman–Crippen MR) is 124 cm³/mol. The molecule has 2 aromatic heterocycles. The van der Waals surface area contributed by atoms with Crippen molar-refractivity contribution in [3.63, 3.8) is 0 Å². The molecule has 0 saturated carbocycles. The van der Waals surface area contributed by atoms with E-state index in [1.54, 1.807) is 14.2 Å². The van der Waals surface area contributed by atoms with Gasteiger partial charge in [0, 0.05) is 34.6 Å². The van der Waals surface area contributed by atoms with Crippen LogP contribution in [0.3, 0.4) is 0 Å². The van der Waals surface area contributed by atoms with E-state index in [4.69, 9.17) is 13.9 Å². The summed E-state index contributed by atoms with van der Waals surface area (Å²) in [5.74, 6) is 1.22. The lowest BCUT2D eigenvalue weighted by atomic mass is 10.0. The Morgan fingerprint density at radius 1 is 1.06 bits per heavy atom. The van der Waals surface area contributed by atoms with Gasteiger partial charge in [0.05, 0.1) is 26.2 Å². The smallest absolute Gasteiger partial charge is 0.340 e. The van der Waals surface area contributed by atoms with E-state index in [0.29, 0.717) is 29.9 Å². The quantitative estimate of drug-likeness (QED) is 0.432. The minimum absolute atomic E-state index is 0.0309. The van der Waals surface area contributed by atoms with E-state index in [1.807, 2.05) is 50.4 Å². The Kier molecular flexibility index (Phi) is 5.90. The molecule has 7 nitrogen and oxygen atoms in total. The van der Waals surface area contributed by atoms with Gasteiger partial charge in [0.2, 0.25) is 5.91 Å². The van der Waals surface area contributed by atoms with E-state index in [0.717, 1.165) is 38.7 Å². The second kappa shape index (κ2) is 8.78. The van der Waals surface area contributed by atoms with Crippen molar-refractivity contribution in [1.82, 2.24) is 10.3 Å². The monoisotopic (exact) mass is 434 g/mol. The fourth-order valence-corrected chi connectivity index (χ4v) is 4.05. The van der Waals surface area contributed by atoms with Crippen molar-refractivity contribution in [3.8, 4) is 11.5 Å². The number of hydrogen-bond acceptors (Lipinski definition) is 5. The maximum atomic E-state index is 12.6. The number of benzene rings is 2. The molecule has 0 atom stereocenters. The average Bonchev–Trinajstić information content (AvgIpc) is 3.19. The number of aromatic amines is 1. The maximum absolute atomic E-state index is 12.6. The maximum Gasteiger partial charge on any atom is 0.340 e. The van der Waals surface area contributed by atoms with Crippen molar-refractivity contribution < 1.29 is 18.7 Å². The number of H-pyrrole nitrogens is 1. The van der Waals surface area contributed by atoms with Gasteiger partial charge in [0.25, 0.3) is 0 Å².